The third kappa shape index (κ3) is 2.71. The first-order chi connectivity index (χ1) is 5.38. The molecule has 0 amide bonds. The maximum absolute atomic E-state index is 11.1. The first-order valence-corrected chi connectivity index (χ1v) is 3.99. The Morgan fingerprint density at radius 1 is 1.38 bits per heavy atom. The van der Waals surface area contributed by atoms with Crippen molar-refractivity contribution >= 4 is 30.8 Å². The molecule has 2 aliphatic heterocycles. The summed E-state index contributed by atoms with van der Waals surface area (Å²) in [5.41, 5.74) is 0. The molecule has 2 fully saturated rings. The van der Waals surface area contributed by atoms with E-state index in [1.54, 1.807) is 0 Å². The van der Waals surface area contributed by atoms with Crippen molar-refractivity contribution in [3.8, 4) is 0 Å². The van der Waals surface area contributed by atoms with Gasteiger partial charge in [-0.05, 0) is 0 Å². The van der Waals surface area contributed by atoms with E-state index in [-0.39, 0.29) is 36.8 Å². The molecule has 13 heavy (non-hydrogen) atoms. The summed E-state index contributed by atoms with van der Waals surface area (Å²) in [4.78, 5) is 13.3. The van der Waals surface area contributed by atoms with Gasteiger partial charge in [-0.25, -0.2) is 0 Å². The molecule has 78 valence electrons. The quantitative estimate of drug-likeness (QED) is 0.577. The summed E-state index contributed by atoms with van der Waals surface area (Å²) in [6, 6.07) is -0.0162. The van der Waals surface area contributed by atoms with Gasteiger partial charge < -0.3 is 10.1 Å². The van der Waals surface area contributed by atoms with Crippen LogP contribution >= 0.6 is 24.8 Å². The Labute approximate surface area is 89.8 Å². The molecule has 1 N–H and O–H groups in total. The third-order valence-electron chi connectivity index (χ3n) is 2.25. The van der Waals surface area contributed by atoms with Crippen molar-refractivity contribution in [3.05, 3.63) is 0 Å². The van der Waals surface area contributed by atoms with Gasteiger partial charge in [0.15, 0.2) is 0 Å². The van der Waals surface area contributed by atoms with Crippen molar-refractivity contribution in [2.75, 3.05) is 32.8 Å². The maximum atomic E-state index is 11.1. The van der Waals surface area contributed by atoms with Gasteiger partial charge in [0.25, 0.3) is 0 Å². The average molecular weight is 229 g/mol. The highest BCUT2D eigenvalue weighted by molar-refractivity contribution is 5.85. The lowest BCUT2D eigenvalue weighted by atomic mass is 10.2. The largest absolute Gasteiger partial charge is 0.463 e. The van der Waals surface area contributed by atoms with Crippen LogP contribution in [0.25, 0.3) is 0 Å². The van der Waals surface area contributed by atoms with E-state index < -0.39 is 0 Å². The zero-order valence-electron chi connectivity index (χ0n) is 7.19. The Balaban J connectivity index is 0.000000720. The van der Waals surface area contributed by atoms with E-state index >= 15 is 0 Å². The minimum atomic E-state index is -0.0662. The first-order valence-electron chi connectivity index (χ1n) is 3.99. The van der Waals surface area contributed by atoms with Crippen LogP contribution in [0.5, 0.6) is 0 Å². The van der Waals surface area contributed by atoms with Gasteiger partial charge in [-0.2, -0.15) is 0 Å². The number of nitrogens with one attached hydrogen (secondary N) is 1. The molecule has 0 spiro atoms. The van der Waals surface area contributed by atoms with Crippen molar-refractivity contribution in [1.29, 1.82) is 0 Å². The van der Waals surface area contributed by atoms with Crippen molar-refractivity contribution in [3.63, 3.8) is 0 Å². The number of hydrogen-bond donors (Lipinski definition) is 1. The number of halogens is 2. The summed E-state index contributed by atoms with van der Waals surface area (Å²) >= 11 is 0. The molecule has 4 nitrogen and oxygen atoms in total. The number of ether oxygens (including phenoxy) is 1. The van der Waals surface area contributed by atoms with E-state index in [9.17, 15) is 4.79 Å². The smallest absolute Gasteiger partial charge is 0.324 e. The highest BCUT2D eigenvalue weighted by Crippen LogP contribution is 2.09. The Hall–Kier alpha value is -0.0300. The summed E-state index contributed by atoms with van der Waals surface area (Å²) in [6.45, 7) is 4.18. The summed E-state index contributed by atoms with van der Waals surface area (Å²) in [6.07, 6.45) is 0. The summed E-state index contributed by atoms with van der Waals surface area (Å²) in [7, 11) is 0. The number of hydrogen-bond acceptors (Lipinski definition) is 4. The second kappa shape index (κ2) is 5.65. The second-order valence-electron chi connectivity index (χ2n) is 2.92. The van der Waals surface area contributed by atoms with Crippen molar-refractivity contribution in [2.45, 2.75) is 6.04 Å². The van der Waals surface area contributed by atoms with Gasteiger partial charge in [0.1, 0.15) is 12.6 Å². The predicted octanol–water partition coefficient (Wildman–Crippen LogP) is -0.339. The van der Waals surface area contributed by atoms with Gasteiger partial charge in [-0.3, -0.25) is 9.69 Å². The van der Waals surface area contributed by atoms with Crippen LogP contribution in [0.15, 0.2) is 0 Å². The van der Waals surface area contributed by atoms with Crippen LogP contribution < -0.4 is 5.32 Å². The van der Waals surface area contributed by atoms with E-state index in [1.165, 1.54) is 0 Å². The molecule has 2 saturated heterocycles. The Morgan fingerprint density at radius 3 is 2.85 bits per heavy atom. The average Bonchev–Trinajstić information content (AvgIpc) is 2.06. The number of carbonyl (C=O) groups is 1. The lowest BCUT2D eigenvalue weighted by Crippen LogP contribution is -2.58. The molecule has 2 rings (SSSR count). The summed E-state index contributed by atoms with van der Waals surface area (Å²) in [5, 5.41) is 3.17. The van der Waals surface area contributed by atoms with Crippen LogP contribution in [0.1, 0.15) is 0 Å². The number of rotatable bonds is 0. The van der Waals surface area contributed by atoms with Gasteiger partial charge in [-0.15, -0.1) is 24.8 Å². The monoisotopic (exact) mass is 228 g/mol. The molecule has 0 aromatic carbocycles. The minimum absolute atomic E-state index is 0. The maximum Gasteiger partial charge on any atom is 0.324 e. The Morgan fingerprint density at radius 2 is 2.15 bits per heavy atom. The van der Waals surface area contributed by atoms with E-state index in [1.807, 2.05) is 0 Å². The number of cyclic esters (lactones) is 1. The number of piperazine rings is 1. The fourth-order valence-corrected chi connectivity index (χ4v) is 1.61. The molecule has 1 atom stereocenters. The molecule has 2 heterocycles. The number of fused-ring (bicyclic) bond motifs is 1. The molecule has 0 aliphatic carbocycles. The van der Waals surface area contributed by atoms with Crippen LogP contribution in [-0.2, 0) is 9.53 Å². The van der Waals surface area contributed by atoms with Crippen LogP contribution in [0, 0.1) is 0 Å². The molecular weight excluding hydrogens is 215 g/mol. The molecular formula is C7H14Cl2N2O2. The van der Waals surface area contributed by atoms with Gasteiger partial charge in [0.2, 0.25) is 0 Å². The topological polar surface area (TPSA) is 41.6 Å². The molecule has 6 heteroatoms. The molecule has 2 aliphatic rings. The zero-order chi connectivity index (χ0) is 7.68. The van der Waals surface area contributed by atoms with E-state index in [0.717, 1.165) is 26.2 Å². The minimum Gasteiger partial charge on any atom is -0.463 e. The normalized spacial score (nSPS) is 27.7. The number of carbonyl (C=O) groups excluding carboxylic acids is 1. The van der Waals surface area contributed by atoms with E-state index in [2.05, 4.69) is 10.2 Å². The molecule has 1 unspecified atom stereocenters. The summed E-state index contributed by atoms with van der Waals surface area (Å²) < 4.78 is 4.93. The molecule has 0 aromatic heterocycles. The lowest BCUT2D eigenvalue weighted by Gasteiger charge is -2.37. The molecule has 0 bridgehead atoms. The Kier molecular flexibility index (Phi) is 5.64. The lowest BCUT2D eigenvalue weighted by molar-refractivity contribution is -0.158. The van der Waals surface area contributed by atoms with Crippen molar-refractivity contribution in [2.24, 2.45) is 0 Å². The van der Waals surface area contributed by atoms with Crippen molar-refractivity contribution < 1.29 is 9.53 Å². The van der Waals surface area contributed by atoms with Gasteiger partial charge in [0.05, 0.1) is 0 Å². The van der Waals surface area contributed by atoms with Gasteiger partial charge >= 0.3 is 5.97 Å². The van der Waals surface area contributed by atoms with Crippen LogP contribution in [0.2, 0.25) is 0 Å². The third-order valence-corrected chi connectivity index (χ3v) is 2.25. The van der Waals surface area contributed by atoms with Crippen LogP contribution in [-0.4, -0.2) is 49.7 Å². The Bertz CT molecular complexity index is 178. The number of nitrogens with zero attached hydrogens (tertiary/aromatic N) is 1. The second-order valence-corrected chi connectivity index (χ2v) is 2.92. The standard InChI is InChI=1S/C7H12N2O2.2ClH/c10-7-6-5-8-1-2-9(6)3-4-11-7;;/h6,8H,1-5H2;2*1H. The fraction of sp³-hybridized carbons (Fsp3) is 0.857. The van der Waals surface area contributed by atoms with E-state index in [0.29, 0.717) is 6.61 Å². The first kappa shape index (κ1) is 13.0. The number of morpholine rings is 1. The SMILES string of the molecule is Cl.Cl.O=C1OCCN2CCNCC12. The van der Waals surface area contributed by atoms with E-state index in [4.69, 9.17) is 4.74 Å². The predicted molar refractivity (Wildman–Crippen MR) is 53.7 cm³/mol. The van der Waals surface area contributed by atoms with Gasteiger partial charge in [0, 0.05) is 26.2 Å². The molecule has 0 saturated carbocycles. The highest BCUT2D eigenvalue weighted by Gasteiger charge is 2.32. The fourth-order valence-electron chi connectivity index (χ4n) is 1.61. The zero-order valence-corrected chi connectivity index (χ0v) is 8.83. The van der Waals surface area contributed by atoms with Crippen molar-refractivity contribution in [1.82, 2.24) is 10.2 Å². The summed E-state index contributed by atoms with van der Waals surface area (Å²) in [5.74, 6) is -0.0662. The number of esters is 1. The molecule has 0 aromatic rings. The highest BCUT2D eigenvalue weighted by atomic mass is 35.5. The van der Waals surface area contributed by atoms with Crippen LogP contribution in [0.3, 0.4) is 0 Å². The van der Waals surface area contributed by atoms with Crippen LogP contribution in [0.4, 0.5) is 0 Å². The van der Waals surface area contributed by atoms with Gasteiger partial charge in [-0.1, -0.05) is 0 Å². The molecule has 0 radical (unpaired) electrons.